The molecule has 21 heavy (non-hydrogen) atoms. The second kappa shape index (κ2) is 6.54. The first kappa shape index (κ1) is 14.5. The Bertz CT molecular complexity index is 483. The van der Waals surface area contributed by atoms with Crippen LogP contribution >= 0.6 is 0 Å². The van der Waals surface area contributed by atoms with Crippen molar-refractivity contribution in [2.75, 3.05) is 64.0 Å². The van der Waals surface area contributed by atoms with Crippen LogP contribution in [0, 0.1) is 0 Å². The molecule has 2 heterocycles. The highest BCUT2D eigenvalue weighted by Crippen LogP contribution is 2.37. The molecule has 1 fully saturated rings. The fourth-order valence-corrected chi connectivity index (χ4v) is 3.04. The standard InChI is InChI=1S/C16H26N4O/c1-19-7-9-20(10-8-19)11-12-21-16-14(17)5-4-13-3-2-6-18-15(13)16/h4-5,18H,2-3,6-12,17H2,1H3. The number of nitrogen functional groups attached to an aromatic ring is 1. The van der Waals surface area contributed by atoms with Crippen molar-refractivity contribution < 1.29 is 4.74 Å². The Balaban J connectivity index is 1.58. The predicted octanol–water partition coefficient (Wildman–Crippen LogP) is 1.25. The Hall–Kier alpha value is -1.46. The van der Waals surface area contributed by atoms with Crippen LogP contribution in [0.4, 0.5) is 11.4 Å². The summed E-state index contributed by atoms with van der Waals surface area (Å²) in [6.45, 7) is 7.21. The Morgan fingerprint density at radius 3 is 2.86 bits per heavy atom. The van der Waals surface area contributed by atoms with Gasteiger partial charge in [-0.15, -0.1) is 0 Å². The van der Waals surface area contributed by atoms with Crippen molar-refractivity contribution in [2.24, 2.45) is 0 Å². The largest absolute Gasteiger partial charge is 0.488 e. The number of rotatable bonds is 4. The summed E-state index contributed by atoms with van der Waals surface area (Å²) in [6.07, 6.45) is 2.29. The molecule has 3 N–H and O–H groups in total. The van der Waals surface area contributed by atoms with Crippen molar-refractivity contribution in [3.8, 4) is 5.75 Å². The third-order valence-corrected chi connectivity index (χ3v) is 4.45. The monoisotopic (exact) mass is 290 g/mol. The van der Waals surface area contributed by atoms with E-state index in [9.17, 15) is 0 Å². The number of nitrogens with two attached hydrogens (primary N) is 1. The Morgan fingerprint density at radius 1 is 1.24 bits per heavy atom. The van der Waals surface area contributed by atoms with Crippen LogP contribution in [0.2, 0.25) is 0 Å². The number of aryl methyl sites for hydroxylation is 1. The van der Waals surface area contributed by atoms with Crippen LogP contribution in [0.15, 0.2) is 12.1 Å². The predicted molar refractivity (Wildman–Crippen MR) is 87.1 cm³/mol. The van der Waals surface area contributed by atoms with Gasteiger partial charge in [-0.05, 0) is 31.5 Å². The van der Waals surface area contributed by atoms with E-state index in [0.717, 1.165) is 62.8 Å². The van der Waals surface area contributed by atoms with Crippen LogP contribution in [0.5, 0.6) is 5.75 Å². The van der Waals surface area contributed by atoms with Crippen molar-refractivity contribution in [1.29, 1.82) is 0 Å². The van der Waals surface area contributed by atoms with E-state index in [1.165, 1.54) is 12.0 Å². The summed E-state index contributed by atoms with van der Waals surface area (Å²) in [5.41, 5.74) is 9.27. The van der Waals surface area contributed by atoms with Gasteiger partial charge in [-0.25, -0.2) is 0 Å². The topological polar surface area (TPSA) is 53.8 Å². The van der Waals surface area contributed by atoms with Gasteiger partial charge in [0, 0.05) is 39.3 Å². The van der Waals surface area contributed by atoms with E-state index >= 15 is 0 Å². The lowest BCUT2D eigenvalue weighted by Crippen LogP contribution is -2.45. The SMILES string of the molecule is CN1CCN(CCOc2c(N)ccc3c2NCCC3)CC1. The molecule has 5 nitrogen and oxygen atoms in total. The van der Waals surface area contributed by atoms with Crippen molar-refractivity contribution in [1.82, 2.24) is 9.80 Å². The van der Waals surface area contributed by atoms with Crippen LogP contribution in [-0.2, 0) is 6.42 Å². The first-order valence-corrected chi connectivity index (χ1v) is 7.93. The van der Waals surface area contributed by atoms with Gasteiger partial charge < -0.3 is 20.7 Å². The molecule has 0 spiro atoms. The fourth-order valence-electron chi connectivity index (χ4n) is 3.04. The maximum atomic E-state index is 6.10. The smallest absolute Gasteiger partial charge is 0.165 e. The maximum absolute atomic E-state index is 6.10. The van der Waals surface area contributed by atoms with Gasteiger partial charge in [-0.2, -0.15) is 0 Å². The zero-order valence-electron chi connectivity index (χ0n) is 12.9. The van der Waals surface area contributed by atoms with Crippen LogP contribution in [0.3, 0.4) is 0 Å². The number of nitrogens with zero attached hydrogens (tertiary/aromatic N) is 2. The van der Waals surface area contributed by atoms with Crippen molar-refractivity contribution in [2.45, 2.75) is 12.8 Å². The van der Waals surface area contributed by atoms with Crippen LogP contribution < -0.4 is 15.8 Å². The van der Waals surface area contributed by atoms with E-state index in [4.69, 9.17) is 10.5 Å². The molecule has 5 heteroatoms. The van der Waals surface area contributed by atoms with Gasteiger partial charge in [0.05, 0.1) is 11.4 Å². The molecule has 1 aromatic rings. The molecule has 0 atom stereocenters. The van der Waals surface area contributed by atoms with Gasteiger partial charge >= 0.3 is 0 Å². The summed E-state index contributed by atoms with van der Waals surface area (Å²) < 4.78 is 6.02. The van der Waals surface area contributed by atoms with Crippen molar-refractivity contribution in [3.63, 3.8) is 0 Å². The maximum Gasteiger partial charge on any atom is 0.165 e. The van der Waals surface area contributed by atoms with Gasteiger partial charge in [0.2, 0.25) is 0 Å². The molecule has 3 rings (SSSR count). The molecule has 0 aromatic heterocycles. The van der Waals surface area contributed by atoms with Crippen LogP contribution in [0.1, 0.15) is 12.0 Å². The summed E-state index contributed by atoms with van der Waals surface area (Å²) in [5.74, 6) is 0.848. The van der Waals surface area contributed by atoms with Gasteiger partial charge in [-0.3, -0.25) is 4.90 Å². The number of ether oxygens (including phenoxy) is 1. The number of nitrogens with one attached hydrogen (secondary N) is 1. The zero-order chi connectivity index (χ0) is 14.7. The number of piperazine rings is 1. The fraction of sp³-hybridized carbons (Fsp3) is 0.625. The van der Waals surface area contributed by atoms with Gasteiger partial charge in [0.15, 0.2) is 5.75 Å². The third-order valence-electron chi connectivity index (χ3n) is 4.45. The Kier molecular flexibility index (Phi) is 4.51. The molecule has 0 amide bonds. The van der Waals surface area contributed by atoms with Crippen LogP contribution in [-0.4, -0.2) is 62.7 Å². The lowest BCUT2D eigenvalue weighted by atomic mass is 10.0. The normalized spacial score (nSPS) is 19.9. The van der Waals surface area contributed by atoms with Crippen molar-refractivity contribution >= 4 is 11.4 Å². The highest BCUT2D eigenvalue weighted by Gasteiger charge is 2.17. The minimum atomic E-state index is 0.700. The highest BCUT2D eigenvalue weighted by molar-refractivity contribution is 5.73. The zero-order valence-corrected chi connectivity index (χ0v) is 12.9. The van der Waals surface area contributed by atoms with E-state index in [2.05, 4.69) is 28.2 Å². The quantitative estimate of drug-likeness (QED) is 0.818. The number of fused-ring (bicyclic) bond motifs is 1. The molecule has 0 saturated carbocycles. The molecular formula is C16H26N4O. The second-order valence-electron chi connectivity index (χ2n) is 6.04. The third kappa shape index (κ3) is 3.41. The molecule has 116 valence electrons. The van der Waals surface area contributed by atoms with E-state index in [1.807, 2.05) is 6.07 Å². The number of anilines is 2. The van der Waals surface area contributed by atoms with Crippen LogP contribution in [0.25, 0.3) is 0 Å². The molecular weight excluding hydrogens is 264 g/mol. The molecule has 0 bridgehead atoms. The summed E-state index contributed by atoms with van der Waals surface area (Å²) in [7, 11) is 2.18. The average Bonchev–Trinajstić information content (AvgIpc) is 2.51. The first-order chi connectivity index (χ1) is 10.2. The van der Waals surface area contributed by atoms with E-state index in [0.29, 0.717) is 6.61 Å². The number of hydrogen-bond acceptors (Lipinski definition) is 5. The lowest BCUT2D eigenvalue weighted by Gasteiger charge is -2.32. The summed E-state index contributed by atoms with van der Waals surface area (Å²) in [5, 5.41) is 3.44. The molecule has 0 aliphatic carbocycles. The van der Waals surface area contributed by atoms with Gasteiger partial charge in [-0.1, -0.05) is 6.07 Å². The second-order valence-corrected chi connectivity index (χ2v) is 6.04. The summed E-state index contributed by atoms with van der Waals surface area (Å²) in [4.78, 5) is 4.83. The summed E-state index contributed by atoms with van der Waals surface area (Å²) in [6, 6.07) is 4.08. The molecule has 2 aliphatic rings. The Morgan fingerprint density at radius 2 is 2.05 bits per heavy atom. The molecule has 1 saturated heterocycles. The minimum Gasteiger partial charge on any atom is -0.488 e. The first-order valence-electron chi connectivity index (χ1n) is 7.93. The minimum absolute atomic E-state index is 0.700. The van der Waals surface area contributed by atoms with E-state index in [1.54, 1.807) is 0 Å². The number of benzene rings is 1. The van der Waals surface area contributed by atoms with Crippen molar-refractivity contribution in [3.05, 3.63) is 17.7 Å². The molecule has 2 aliphatic heterocycles. The molecule has 0 unspecified atom stereocenters. The van der Waals surface area contributed by atoms with Gasteiger partial charge in [0.25, 0.3) is 0 Å². The molecule has 1 aromatic carbocycles. The molecule has 0 radical (unpaired) electrons. The van der Waals surface area contributed by atoms with Gasteiger partial charge in [0.1, 0.15) is 6.61 Å². The Labute approximate surface area is 127 Å². The highest BCUT2D eigenvalue weighted by atomic mass is 16.5. The number of hydrogen-bond donors (Lipinski definition) is 2. The number of likely N-dealkylation sites (N-methyl/N-ethyl adjacent to an activating group) is 1. The van der Waals surface area contributed by atoms with E-state index < -0.39 is 0 Å². The van der Waals surface area contributed by atoms with E-state index in [-0.39, 0.29) is 0 Å². The average molecular weight is 290 g/mol. The summed E-state index contributed by atoms with van der Waals surface area (Å²) >= 11 is 0. The lowest BCUT2D eigenvalue weighted by molar-refractivity contribution is 0.134.